The molecular formula is C61H41NO2. The fraction of sp³-hybridized carbons (Fsp3) is 0.0492. The average molecular weight is 820 g/mol. The predicted octanol–water partition coefficient (Wildman–Crippen LogP) is 16.2. The molecule has 3 aliphatic carbocycles. The van der Waals surface area contributed by atoms with Crippen LogP contribution in [0.5, 0.6) is 23.0 Å². The van der Waals surface area contributed by atoms with Gasteiger partial charge in [0.1, 0.15) is 0 Å². The van der Waals surface area contributed by atoms with Crippen LogP contribution in [0.1, 0.15) is 40.7 Å². The molecule has 3 heteroatoms. The first-order valence-corrected chi connectivity index (χ1v) is 22.2. The van der Waals surface area contributed by atoms with E-state index < -0.39 is 5.41 Å². The lowest BCUT2D eigenvalue weighted by molar-refractivity contribution is 0.360. The van der Waals surface area contributed by atoms with Crippen molar-refractivity contribution in [3.8, 4) is 67.5 Å². The molecule has 9 aromatic rings. The molecule has 0 radical (unpaired) electrons. The number of hydrogen-bond acceptors (Lipinski definition) is 3. The zero-order chi connectivity index (χ0) is 42.2. The molecule has 9 aromatic carbocycles. The molecule has 13 rings (SSSR count). The number of nitrogens with zero attached hydrogens (tertiary/aromatic N) is 1. The van der Waals surface area contributed by atoms with Gasteiger partial charge in [-0.2, -0.15) is 0 Å². The van der Waals surface area contributed by atoms with Crippen LogP contribution in [-0.4, -0.2) is 0 Å². The quantitative estimate of drug-likeness (QED) is 0.167. The van der Waals surface area contributed by atoms with Crippen molar-refractivity contribution in [2.75, 3.05) is 4.90 Å². The van der Waals surface area contributed by atoms with Gasteiger partial charge in [0.05, 0.1) is 5.41 Å². The van der Waals surface area contributed by atoms with Crippen LogP contribution in [0, 0.1) is 0 Å². The molecule has 0 unspecified atom stereocenters. The first-order valence-electron chi connectivity index (χ1n) is 22.2. The first kappa shape index (κ1) is 36.5. The molecule has 0 saturated carbocycles. The summed E-state index contributed by atoms with van der Waals surface area (Å²) in [5.74, 6) is 2.87. The van der Waals surface area contributed by atoms with E-state index in [4.69, 9.17) is 9.47 Å². The van der Waals surface area contributed by atoms with Crippen molar-refractivity contribution >= 4 is 16.9 Å². The highest BCUT2D eigenvalue weighted by atomic mass is 16.6. The summed E-state index contributed by atoms with van der Waals surface area (Å²) in [6.45, 7) is 0. The van der Waals surface area contributed by atoms with Crippen LogP contribution in [0.4, 0.5) is 11.4 Å². The summed E-state index contributed by atoms with van der Waals surface area (Å²) in [6, 6.07) is 76.4. The van der Waals surface area contributed by atoms with Gasteiger partial charge in [-0.05, 0) is 134 Å². The van der Waals surface area contributed by atoms with Crippen LogP contribution in [0.2, 0.25) is 0 Å². The summed E-state index contributed by atoms with van der Waals surface area (Å²) in [6.07, 6.45) is 6.70. The molecule has 1 aliphatic heterocycles. The maximum absolute atomic E-state index is 7.06. The molecule has 64 heavy (non-hydrogen) atoms. The number of benzene rings is 9. The predicted molar refractivity (Wildman–Crippen MR) is 261 cm³/mol. The van der Waals surface area contributed by atoms with Crippen molar-refractivity contribution in [1.29, 1.82) is 0 Å². The van der Waals surface area contributed by atoms with Crippen molar-refractivity contribution in [2.45, 2.75) is 18.3 Å². The number of anilines is 2. The second-order valence-electron chi connectivity index (χ2n) is 17.1. The van der Waals surface area contributed by atoms with E-state index in [0.29, 0.717) is 5.75 Å². The molecule has 0 amide bonds. The molecule has 0 fully saturated rings. The minimum Gasteiger partial charge on any atom is -0.449 e. The molecule has 1 heterocycles. The maximum atomic E-state index is 7.06. The minimum absolute atomic E-state index is 0.468. The molecule has 0 aromatic heterocycles. The largest absolute Gasteiger partial charge is 0.449 e. The monoisotopic (exact) mass is 819 g/mol. The molecule has 0 bridgehead atoms. The zero-order valence-electron chi connectivity index (χ0n) is 35.0. The smallest absolute Gasteiger partial charge is 0.177 e. The highest BCUT2D eigenvalue weighted by molar-refractivity contribution is 5.96. The Balaban J connectivity index is 0.897. The van der Waals surface area contributed by atoms with Gasteiger partial charge < -0.3 is 14.4 Å². The van der Waals surface area contributed by atoms with E-state index in [9.17, 15) is 0 Å². The Labute approximate surface area is 373 Å². The first-order chi connectivity index (χ1) is 31.7. The van der Waals surface area contributed by atoms with Gasteiger partial charge in [-0.15, -0.1) is 0 Å². The Morgan fingerprint density at radius 2 is 0.953 bits per heavy atom. The number of ether oxygens (including phenoxy) is 2. The van der Waals surface area contributed by atoms with Crippen LogP contribution in [-0.2, 0) is 5.41 Å². The lowest BCUT2D eigenvalue weighted by Crippen LogP contribution is -2.25. The van der Waals surface area contributed by atoms with Gasteiger partial charge in [-0.1, -0.05) is 176 Å². The lowest BCUT2D eigenvalue weighted by Gasteiger charge is -2.31. The summed E-state index contributed by atoms with van der Waals surface area (Å²) in [5.41, 5.74) is 20.0. The molecule has 0 atom stereocenters. The van der Waals surface area contributed by atoms with Gasteiger partial charge in [0, 0.05) is 22.6 Å². The van der Waals surface area contributed by atoms with Crippen LogP contribution in [0.3, 0.4) is 0 Å². The molecule has 3 nitrogen and oxygen atoms in total. The number of rotatable bonds is 6. The van der Waals surface area contributed by atoms with E-state index in [2.05, 4.69) is 223 Å². The van der Waals surface area contributed by atoms with E-state index in [0.717, 1.165) is 58.3 Å². The Bertz CT molecular complexity index is 3340. The van der Waals surface area contributed by atoms with E-state index >= 15 is 0 Å². The Hall–Kier alpha value is -8.14. The van der Waals surface area contributed by atoms with E-state index in [1.807, 2.05) is 6.07 Å². The fourth-order valence-electron chi connectivity index (χ4n) is 10.8. The Morgan fingerprint density at radius 1 is 0.375 bits per heavy atom. The third kappa shape index (κ3) is 5.54. The summed E-state index contributed by atoms with van der Waals surface area (Å²) in [7, 11) is 0. The second kappa shape index (κ2) is 14.5. The van der Waals surface area contributed by atoms with E-state index in [1.54, 1.807) is 0 Å². The van der Waals surface area contributed by atoms with Crippen molar-refractivity contribution in [3.05, 3.63) is 258 Å². The molecule has 0 saturated heterocycles. The van der Waals surface area contributed by atoms with Crippen LogP contribution >= 0.6 is 0 Å². The molecule has 1 spiro atoms. The third-order valence-corrected chi connectivity index (χ3v) is 13.6. The van der Waals surface area contributed by atoms with E-state index in [-0.39, 0.29) is 0 Å². The summed E-state index contributed by atoms with van der Waals surface area (Å²) < 4.78 is 13.9. The summed E-state index contributed by atoms with van der Waals surface area (Å²) in [4.78, 5) is 2.39. The van der Waals surface area contributed by atoms with Crippen LogP contribution in [0.25, 0.3) is 50.1 Å². The third-order valence-electron chi connectivity index (χ3n) is 13.6. The van der Waals surface area contributed by atoms with Crippen LogP contribution < -0.4 is 14.4 Å². The SMILES string of the molecule is C1=C(c2ccccc2)CCC=C1N(c1ccc(-c2cccc3c2Oc2cc4c(cc2O3)-c2ccccc2C42c3ccccc3-c3ccccc32)cc1)c1cccc(-c2ccccc2)c1. The highest BCUT2D eigenvalue weighted by Crippen LogP contribution is 2.65. The van der Waals surface area contributed by atoms with Gasteiger partial charge in [0.15, 0.2) is 23.0 Å². The van der Waals surface area contributed by atoms with Gasteiger partial charge in [-0.3, -0.25) is 0 Å². The number of fused-ring (bicyclic) bond motifs is 12. The van der Waals surface area contributed by atoms with Crippen molar-refractivity contribution in [2.24, 2.45) is 0 Å². The lowest BCUT2D eigenvalue weighted by atomic mass is 9.70. The average Bonchev–Trinajstić information content (AvgIpc) is 3.83. The molecule has 0 N–H and O–H groups in total. The minimum atomic E-state index is -0.468. The summed E-state index contributed by atoms with van der Waals surface area (Å²) in [5, 5.41) is 0. The van der Waals surface area contributed by atoms with Crippen molar-refractivity contribution in [3.63, 3.8) is 0 Å². The standard InChI is InChI=1S/C61H41NO2/c1-3-16-40(17-4-1)43-20-13-22-46(36-43)62(47-23-14-21-44(37-47)41-18-5-2-6-19-41)45-34-32-42(33-35-45)48-27-15-31-57-60(48)64-59-39-56-52(38-58(59)63-57)51-26-9-12-30-55(51)61(56)53-28-10-7-24-49(53)50-25-8-11-29-54(50)61/h1-13,15-20,22-39H,14,21H2. The molecule has 4 aliphatic rings. The maximum Gasteiger partial charge on any atom is 0.177 e. The van der Waals surface area contributed by atoms with Crippen molar-refractivity contribution in [1.82, 2.24) is 0 Å². The van der Waals surface area contributed by atoms with Gasteiger partial charge in [-0.25, -0.2) is 0 Å². The topological polar surface area (TPSA) is 21.7 Å². The summed E-state index contributed by atoms with van der Waals surface area (Å²) >= 11 is 0. The van der Waals surface area contributed by atoms with Gasteiger partial charge >= 0.3 is 0 Å². The normalized spacial score (nSPS) is 14.4. The van der Waals surface area contributed by atoms with E-state index in [1.165, 1.54) is 66.8 Å². The number of hydrogen-bond donors (Lipinski definition) is 0. The molecular weight excluding hydrogens is 779 g/mol. The molecule has 302 valence electrons. The zero-order valence-corrected chi connectivity index (χ0v) is 35.0. The number of allylic oxidation sites excluding steroid dienone is 3. The second-order valence-corrected chi connectivity index (χ2v) is 17.1. The van der Waals surface area contributed by atoms with Crippen molar-refractivity contribution < 1.29 is 9.47 Å². The van der Waals surface area contributed by atoms with Gasteiger partial charge in [0.2, 0.25) is 0 Å². The van der Waals surface area contributed by atoms with Gasteiger partial charge in [0.25, 0.3) is 0 Å². The Kier molecular flexibility index (Phi) is 8.26. The number of para-hydroxylation sites is 1. The fourth-order valence-corrected chi connectivity index (χ4v) is 10.8. The van der Waals surface area contributed by atoms with Crippen LogP contribution in [0.15, 0.2) is 230 Å². The Morgan fingerprint density at radius 3 is 1.66 bits per heavy atom. The highest BCUT2D eigenvalue weighted by Gasteiger charge is 2.52.